The van der Waals surface area contributed by atoms with E-state index < -0.39 is 16.1 Å². The zero-order valence-corrected chi connectivity index (χ0v) is 11.0. The molecule has 8 nitrogen and oxygen atoms in total. The second kappa shape index (κ2) is 4.62. The minimum atomic E-state index is -4.31. The van der Waals surface area contributed by atoms with Gasteiger partial charge in [-0.1, -0.05) is 0 Å². The van der Waals surface area contributed by atoms with Gasteiger partial charge in [0.05, 0.1) is 10.6 Å². The lowest BCUT2D eigenvalue weighted by molar-refractivity contribution is 0.0689. The number of carbonyl (C=O) groups is 1. The zero-order chi connectivity index (χ0) is 15.1. The number of nitrogens with zero attached hydrogens (tertiary/aromatic N) is 2. The third-order valence-electron chi connectivity index (χ3n) is 2.67. The number of aromatic nitrogens is 2. The van der Waals surface area contributed by atoms with Gasteiger partial charge in [0.2, 0.25) is 5.88 Å². The summed E-state index contributed by atoms with van der Waals surface area (Å²) in [5.74, 6) is -1.65. The molecule has 106 valence electrons. The fourth-order valence-electron chi connectivity index (χ4n) is 1.63. The van der Waals surface area contributed by atoms with Gasteiger partial charge in [-0.3, -0.25) is 4.55 Å². The summed E-state index contributed by atoms with van der Waals surface area (Å²) in [5.41, 5.74) is 0.0446. The Morgan fingerprint density at radius 2 is 1.80 bits per heavy atom. The van der Waals surface area contributed by atoms with Gasteiger partial charge in [-0.25, -0.2) is 9.48 Å². The average molecular weight is 298 g/mol. The summed E-state index contributed by atoms with van der Waals surface area (Å²) in [5, 5.41) is 22.4. The van der Waals surface area contributed by atoms with E-state index in [9.17, 15) is 18.3 Å². The van der Waals surface area contributed by atoms with Crippen LogP contribution >= 0.6 is 0 Å². The molecule has 0 aliphatic rings. The summed E-state index contributed by atoms with van der Waals surface area (Å²) in [4.78, 5) is 10.6. The molecule has 2 rings (SSSR count). The molecule has 9 heteroatoms. The molecule has 0 spiro atoms. The molecule has 1 heterocycles. The highest BCUT2D eigenvalue weighted by atomic mass is 32.2. The zero-order valence-electron chi connectivity index (χ0n) is 10.2. The minimum Gasteiger partial charge on any atom is -0.493 e. The van der Waals surface area contributed by atoms with Crippen molar-refractivity contribution in [1.82, 2.24) is 9.78 Å². The quantitative estimate of drug-likeness (QED) is 0.715. The van der Waals surface area contributed by atoms with Gasteiger partial charge in [-0.2, -0.15) is 13.5 Å². The first-order valence-corrected chi connectivity index (χ1v) is 6.75. The Hall–Kier alpha value is -2.39. The molecule has 0 atom stereocenters. The van der Waals surface area contributed by atoms with Crippen molar-refractivity contribution in [3.63, 3.8) is 0 Å². The van der Waals surface area contributed by atoms with Crippen LogP contribution in [0.25, 0.3) is 5.69 Å². The lowest BCUT2D eigenvalue weighted by Crippen LogP contribution is -2.02. The third-order valence-corrected chi connectivity index (χ3v) is 3.54. The highest BCUT2D eigenvalue weighted by molar-refractivity contribution is 7.85. The molecule has 0 fully saturated rings. The highest BCUT2D eigenvalue weighted by Gasteiger charge is 2.20. The Balaban J connectivity index is 2.53. The van der Waals surface area contributed by atoms with Crippen LogP contribution in [-0.4, -0.2) is 38.9 Å². The molecule has 0 saturated heterocycles. The monoisotopic (exact) mass is 298 g/mol. The van der Waals surface area contributed by atoms with Crippen LogP contribution in [0.5, 0.6) is 5.88 Å². The van der Waals surface area contributed by atoms with Crippen LogP contribution in [0.4, 0.5) is 0 Å². The molecule has 0 aliphatic carbocycles. The number of aromatic hydroxyl groups is 1. The van der Waals surface area contributed by atoms with E-state index in [4.69, 9.17) is 9.66 Å². The highest BCUT2D eigenvalue weighted by Crippen LogP contribution is 2.24. The van der Waals surface area contributed by atoms with Crippen molar-refractivity contribution < 1.29 is 28.0 Å². The molecule has 2 aromatic rings. The van der Waals surface area contributed by atoms with E-state index in [1.807, 2.05) is 0 Å². The average Bonchev–Trinajstić information content (AvgIpc) is 2.66. The maximum Gasteiger partial charge on any atom is 0.356 e. The van der Waals surface area contributed by atoms with Crippen LogP contribution in [0.15, 0.2) is 29.2 Å². The lowest BCUT2D eigenvalue weighted by Gasteiger charge is -2.04. The first-order chi connectivity index (χ1) is 9.21. The van der Waals surface area contributed by atoms with Gasteiger partial charge in [-0.15, -0.1) is 0 Å². The molecule has 0 amide bonds. The maximum atomic E-state index is 10.9. The summed E-state index contributed by atoms with van der Waals surface area (Å²) in [6.07, 6.45) is 0. The van der Waals surface area contributed by atoms with Crippen LogP contribution in [0.2, 0.25) is 0 Å². The number of benzene rings is 1. The Labute approximate surface area is 113 Å². The lowest BCUT2D eigenvalue weighted by atomic mass is 10.2. The van der Waals surface area contributed by atoms with Gasteiger partial charge in [0.25, 0.3) is 10.1 Å². The van der Waals surface area contributed by atoms with Gasteiger partial charge in [0.1, 0.15) is 0 Å². The summed E-state index contributed by atoms with van der Waals surface area (Å²) < 4.78 is 31.6. The summed E-state index contributed by atoms with van der Waals surface area (Å²) >= 11 is 0. The molecule has 0 radical (unpaired) electrons. The molecule has 1 aromatic heterocycles. The third kappa shape index (κ3) is 2.36. The molecular weight excluding hydrogens is 288 g/mol. The van der Waals surface area contributed by atoms with Crippen molar-refractivity contribution in [2.45, 2.75) is 11.8 Å². The van der Waals surface area contributed by atoms with E-state index >= 15 is 0 Å². The van der Waals surface area contributed by atoms with Crippen LogP contribution < -0.4 is 0 Å². The van der Waals surface area contributed by atoms with E-state index in [-0.39, 0.29) is 27.7 Å². The summed E-state index contributed by atoms with van der Waals surface area (Å²) in [6, 6.07) is 4.78. The standard InChI is InChI=1S/C11H10N2O6S/c1-6-9(11(15)16)12-13(10(6)14)7-2-4-8(5-3-7)20(17,18)19/h2-5,14H,1H3,(H,15,16)(H,17,18,19). The summed E-state index contributed by atoms with van der Waals surface area (Å²) in [6.45, 7) is 1.40. The smallest absolute Gasteiger partial charge is 0.356 e. The van der Waals surface area contributed by atoms with Crippen molar-refractivity contribution in [3.05, 3.63) is 35.5 Å². The number of carboxylic acid groups (broad SMARTS) is 1. The molecule has 0 aliphatic heterocycles. The Bertz CT molecular complexity index is 776. The van der Waals surface area contributed by atoms with E-state index in [0.29, 0.717) is 0 Å². The number of aromatic carboxylic acids is 1. The van der Waals surface area contributed by atoms with Crippen molar-refractivity contribution in [2.24, 2.45) is 0 Å². The normalized spacial score (nSPS) is 11.5. The minimum absolute atomic E-state index is 0.0938. The van der Waals surface area contributed by atoms with Gasteiger partial charge in [-0.05, 0) is 31.2 Å². The molecule has 0 bridgehead atoms. The molecule has 0 saturated carbocycles. The second-order valence-corrected chi connectivity index (χ2v) is 5.40. The van der Waals surface area contributed by atoms with E-state index in [2.05, 4.69) is 5.10 Å². The molecule has 0 unspecified atom stereocenters. The van der Waals surface area contributed by atoms with Crippen molar-refractivity contribution in [2.75, 3.05) is 0 Å². The topological polar surface area (TPSA) is 130 Å². The van der Waals surface area contributed by atoms with E-state index in [0.717, 1.165) is 16.8 Å². The fraction of sp³-hybridized carbons (Fsp3) is 0.0909. The number of rotatable bonds is 3. The first-order valence-electron chi connectivity index (χ1n) is 5.31. The number of hydrogen-bond donors (Lipinski definition) is 3. The number of carboxylic acids is 1. The summed E-state index contributed by atoms with van der Waals surface area (Å²) in [7, 11) is -4.31. The first kappa shape index (κ1) is 14.0. The fourth-order valence-corrected chi connectivity index (χ4v) is 2.11. The van der Waals surface area contributed by atoms with Crippen LogP contribution in [0.1, 0.15) is 16.1 Å². The molecule has 3 N–H and O–H groups in total. The van der Waals surface area contributed by atoms with Gasteiger partial charge in [0, 0.05) is 5.56 Å². The van der Waals surface area contributed by atoms with E-state index in [1.165, 1.54) is 19.1 Å². The van der Waals surface area contributed by atoms with Gasteiger partial charge in [0.15, 0.2) is 5.69 Å². The van der Waals surface area contributed by atoms with Crippen molar-refractivity contribution >= 4 is 16.1 Å². The molecule has 20 heavy (non-hydrogen) atoms. The van der Waals surface area contributed by atoms with Gasteiger partial charge >= 0.3 is 5.97 Å². The number of hydrogen-bond acceptors (Lipinski definition) is 5. The van der Waals surface area contributed by atoms with Crippen molar-refractivity contribution in [1.29, 1.82) is 0 Å². The van der Waals surface area contributed by atoms with Gasteiger partial charge < -0.3 is 10.2 Å². The van der Waals surface area contributed by atoms with Crippen molar-refractivity contribution in [3.8, 4) is 11.6 Å². The Kier molecular flexibility index (Phi) is 3.24. The Morgan fingerprint density at radius 1 is 1.25 bits per heavy atom. The second-order valence-electron chi connectivity index (χ2n) is 3.98. The van der Waals surface area contributed by atoms with Crippen LogP contribution in [-0.2, 0) is 10.1 Å². The maximum absolute atomic E-state index is 10.9. The molecular formula is C11H10N2O6S. The van der Waals surface area contributed by atoms with Crippen LogP contribution in [0.3, 0.4) is 0 Å². The SMILES string of the molecule is Cc1c(C(=O)O)nn(-c2ccc(S(=O)(=O)O)cc2)c1O. The largest absolute Gasteiger partial charge is 0.493 e. The van der Waals surface area contributed by atoms with E-state index in [1.54, 1.807) is 0 Å². The predicted molar refractivity (Wildman–Crippen MR) is 66.7 cm³/mol. The predicted octanol–water partition coefficient (Wildman–Crippen LogP) is 0.831. The van der Waals surface area contributed by atoms with Crippen LogP contribution in [0, 0.1) is 6.92 Å². The molecule has 1 aromatic carbocycles. The Morgan fingerprint density at radius 3 is 2.20 bits per heavy atom.